The molecule has 0 fully saturated rings. The molecule has 0 atom stereocenters. The van der Waals surface area contributed by atoms with E-state index in [4.69, 9.17) is 5.11 Å². The Hall–Kier alpha value is -0.860. The Labute approximate surface area is 79.1 Å². The predicted octanol–water partition coefficient (Wildman–Crippen LogP) is 2.25. The van der Waals surface area contributed by atoms with Gasteiger partial charge in [0.1, 0.15) is 5.78 Å². The van der Waals surface area contributed by atoms with Crippen molar-refractivity contribution in [2.45, 2.75) is 46.5 Å². The third kappa shape index (κ3) is 2.83. The molecule has 0 bridgehead atoms. The maximum Gasteiger partial charge on any atom is 0.310 e. The van der Waals surface area contributed by atoms with E-state index < -0.39 is 11.4 Å². The van der Waals surface area contributed by atoms with Crippen molar-refractivity contribution in [3.63, 3.8) is 0 Å². The number of hydrogen-bond donors (Lipinski definition) is 1. The Morgan fingerprint density at radius 1 is 1.15 bits per heavy atom. The summed E-state index contributed by atoms with van der Waals surface area (Å²) < 4.78 is 0. The Kier molecular flexibility index (Phi) is 4.67. The third-order valence-electron chi connectivity index (χ3n) is 2.74. The monoisotopic (exact) mass is 186 g/mol. The van der Waals surface area contributed by atoms with E-state index in [-0.39, 0.29) is 12.2 Å². The first-order valence-electron chi connectivity index (χ1n) is 4.77. The molecule has 0 aromatic heterocycles. The zero-order valence-electron chi connectivity index (χ0n) is 8.59. The average Bonchev–Trinajstić information content (AvgIpc) is 2.13. The molecule has 0 saturated heterocycles. The molecule has 0 unspecified atom stereocenters. The number of carbonyl (C=O) groups is 2. The Balaban J connectivity index is 4.57. The highest BCUT2D eigenvalue weighted by Crippen LogP contribution is 2.31. The van der Waals surface area contributed by atoms with Crippen molar-refractivity contribution in [1.29, 1.82) is 0 Å². The first kappa shape index (κ1) is 12.1. The first-order chi connectivity index (χ1) is 6.02. The standard InChI is InChI=1S/C10H18O3/c1-4-8(11)7-10(5-2,6-3)9(12)13/h4-7H2,1-3H3,(H,12,13). The van der Waals surface area contributed by atoms with Gasteiger partial charge in [0.15, 0.2) is 0 Å². The van der Waals surface area contributed by atoms with Crippen molar-refractivity contribution in [1.82, 2.24) is 0 Å². The molecule has 0 radical (unpaired) electrons. The summed E-state index contributed by atoms with van der Waals surface area (Å²) in [6, 6.07) is 0. The minimum absolute atomic E-state index is 0.0334. The van der Waals surface area contributed by atoms with Gasteiger partial charge in [0.2, 0.25) is 0 Å². The van der Waals surface area contributed by atoms with Crippen molar-refractivity contribution in [3.05, 3.63) is 0 Å². The number of carboxylic acids is 1. The van der Waals surface area contributed by atoms with E-state index in [1.54, 1.807) is 6.92 Å². The maximum absolute atomic E-state index is 11.2. The summed E-state index contributed by atoms with van der Waals surface area (Å²) in [4.78, 5) is 22.2. The van der Waals surface area contributed by atoms with Crippen LogP contribution in [0.4, 0.5) is 0 Å². The molecule has 0 spiro atoms. The first-order valence-corrected chi connectivity index (χ1v) is 4.77. The second kappa shape index (κ2) is 5.00. The molecule has 0 aromatic rings. The number of Topliss-reactive ketones (excluding diaryl/α,β-unsaturated/α-hetero) is 1. The maximum atomic E-state index is 11.2. The molecule has 3 heteroatoms. The van der Waals surface area contributed by atoms with Gasteiger partial charge in [-0.15, -0.1) is 0 Å². The molecule has 0 aliphatic carbocycles. The second-order valence-electron chi connectivity index (χ2n) is 3.36. The fourth-order valence-electron chi connectivity index (χ4n) is 1.38. The Morgan fingerprint density at radius 3 is 1.85 bits per heavy atom. The van der Waals surface area contributed by atoms with Crippen molar-refractivity contribution < 1.29 is 14.7 Å². The van der Waals surface area contributed by atoms with E-state index in [0.29, 0.717) is 19.3 Å². The molecule has 0 aliphatic heterocycles. The molecule has 0 amide bonds. The van der Waals surface area contributed by atoms with E-state index in [0.717, 1.165) is 0 Å². The summed E-state index contributed by atoms with van der Waals surface area (Å²) in [6.07, 6.45) is 1.63. The van der Waals surface area contributed by atoms with Crippen LogP contribution in [0.25, 0.3) is 0 Å². The van der Waals surface area contributed by atoms with Gasteiger partial charge in [0, 0.05) is 12.8 Å². The normalized spacial score (nSPS) is 11.3. The molecule has 0 aromatic carbocycles. The molecule has 0 saturated carbocycles. The van der Waals surface area contributed by atoms with E-state index in [1.807, 2.05) is 13.8 Å². The van der Waals surface area contributed by atoms with E-state index in [1.165, 1.54) is 0 Å². The van der Waals surface area contributed by atoms with E-state index >= 15 is 0 Å². The van der Waals surface area contributed by atoms with Gasteiger partial charge in [-0.25, -0.2) is 0 Å². The van der Waals surface area contributed by atoms with E-state index in [2.05, 4.69) is 0 Å². The summed E-state index contributed by atoms with van der Waals surface area (Å²) in [5, 5.41) is 9.02. The lowest BCUT2D eigenvalue weighted by Gasteiger charge is -2.25. The van der Waals surface area contributed by atoms with Crippen LogP contribution >= 0.6 is 0 Å². The molecule has 1 N–H and O–H groups in total. The van der Waals surface area contributed by atoms with Crippen LogP contribution in [0.2, 0.25) is 0 Å². The van der Waals surface area contributed by atoms with Crippen molar-refractivity contribution in [2.24, 2.45) is 5.41 Å². The zero-order valence-corrected chi connectivity index (χ0v) is 8.59. The topological polar surface area (TPSA) is 54.4 Å². The fourth-order valence-corrected chi connectivity index (χ4v) is 1.38. The van der Waals surface area contributed by atoms with Gasteiger partial charge in [-0.3, -0.25) is 9.59 Å². The van der Waals surface area contributed by atoms with Crippen molar-refractivity contribution in [3.8, 4) is 0 Å². The highest BCUT2D eigenvalue weighted by molar-refractivity contribution is 5.86. The molecule has 3 nitrogen and oxygen atoms in total. The number of carbonyl (C=O) groups excluding carboxylic acids is 1. The Morgan fingerprint density at radius 2 is 1.62 bits per heavy atom. The number of hydrogen-bond acceptors (Lipinski definition) is 2. The fraction of sp³-hybridized carbons (Fsp3) is 0.800. The van der Waals surface area contributed by atoms with Gasteiger partial charge in [-0.1, -0.05) is 20.8 Å². The quantitative estimate of drug-likeness (QED) is 0.692. The van der Waals surface area contributed by atoms with Crippen LogP contribution in [-0.4, -0.2) is 16.9 Å². The van der Waals surface area contributed by atoms with Crippen LogP contribution in [0.5, 0.6) is 0 Å². The van der Waals surface area contributed by atoms with Gasteiger partial charge in [-0.2, -0.15) is 0 Å². The lowest BCUT2D eigenvalue weighted by molar-refractivity contribution is -0.152. The molecule has 0 aliphatic rings. The minimum atomic E-state index is -0.848. The van der Waals surface area contributed by atoms with Crippen molar-refractivity contribution in [2.75, 3.05) is 0 Å². The zero-order chi connectivity index (χ0) is 10.5. The number of rotatable bonds is 6. The molecule has 0 rings (SSSR count). The molecular formula is C10H18O3. The van der Waals surface area contributed by atoms with E-state index in [9.17, 15) is 9.59 Å². The second-order valence-corrected chi connectivity index (χ2v) is 3.36. The molecule has 0 heterocycles. The molecule has 76 valence electrons. The van der Waals surface area contributed by atoms with Crippen LogP contribution < -0.4 is 0 Å². The van der Waals surface area contributed by atoms with Crippen LogP contribution in [-0.2, 0) is 9.59 Å². The lowest BCUT2D eigenvalue weighted by atomic mass is 9.77. The largest absolute Gasteiger partial charge is 0.481 e. The molecular weight excluding hydrogens is 168 g/mol. The summed E-state index contributed by atoms with van der Waals surface area (Å²) in [5.74, 6) is -0.814. The summed E-state index contributed by atoms with van der Waals surface area (Å²) >= 11 is 0. The van der Waals surface area contributed by atoms with Crippen LogP contribution in [0, 0.1) is 5.41 Å². The number of aliphatic carboxylic acids is 1. The number of carboxylic acid groups (broad SMARTS) is 1. The van der Waals surface area contributed by atoms with Gasteiger partial charge >= 0.3 is 5.97 Å². The predicted molar refractivity (Wildman–Crippen MR) is 50.6 cm³/mol. The number of ketones is 1. The van der Waals surface area contributed by atoms with Crippen LogP contribution in [0.15, 0.2) is 0 Å². The van der Waals surface area contributed by atoms with Crippen LogP contribution in [0.1, 0.15) is 46.5 Å². The van der Waals surface area contributed by atoms with Crippen LogP contribution in [0.3, 0.4) is 0 Å². The lowest BCUT2D eigenvalue weighted by Crippen LogP contribution is -2.32. The van der Waals surface area contributed by atoms with Gasteiger partial charge in [0.05, 0.1) is 5.41 Å². The van der Waals surface area contributed by atoms with Gasteiger partial charge in [-0.05, 0) is 12.8 Å². The summed E-state index contributed by atoms with van der Waals surface area (Å²) in [5.41, 5.74) is -0.826. The minimum Gasteiger partial charge on any atom is -0.481 e. The summed E-state index contributed by atoms with van der Waals surface area (Å²) in [7, 11) is 0. The molecule has 13 heavy (non-hydrogen) atoms. The van der Waals surface area contributed by atoms with Gasteiger partial charge < -0.3 is 5.11 Å². The summed E-state index contributed by atoms with van der Waals surface area (Å²) in [6.45, 7) is 5.40. The highest BCUT2D eigenvalue weighted by Gasteiger charge is 2.36. The smallest absolute Gasteiger partial charge is 0.310 e. The highest BCUT2D eigenvalue weighted by atomic mass is 16.4. The third-order valence-corrected chi connectivity index (χ3v) is 2.74. The van der Waals surface area contributed by atoms with Crippen molar-refractivity contribution >= 4 is 11.8 Å². The average molecular weight is 186 g/mol. The SMILES string of the molecule is CCC(=O)CC(CC)(CC)C(=O)O. The Bertz CT molecular complexity index is 192. The van der Waals surface area contributed by atoms with Gasteiger partial charge in [0.25, 0.3) is 0 Å².